The lowest BCUT2D eigenvalue weighted by atomic mass is 10.1. The molecular formula is C14H18N2O4. The summed E-state index contributed by atoms with van der Waals surface area (Å²) in [5.74, 6) is -1.29. The molecule has 6 heteroatoms. The summed E-state index contributed by atoms with van der Waals surface area (Å²) in [5.41, 5.74) is 6.90. The summed E-state index contributed by atoms with van der Waals surface area (Å²) in [6.45, 7) is 0.655. The molecule has 1 aromatic rings. The van der Waals surface area contributed by atoms with Crippen LogP contribution in [0, 0.1) is 0 Å². The molecule has 1 heterocycles. The Balaban J connectivity index is 1.94. The fourth-order valence-corrected chi connectivity index (χ4v) is 2.19. The van der Waals surface area contributed by atoms with E-state index in [-0.39, 0.29) is 19.1 Å². The fourth-order valence-electron chi connectivity index (χ4n) is 2.19. The number of carbonyl (C=O) groups excluding carboxylic acids is 1. The first kappa shape index (κ1) is 14.5. The van der Waals surface area contributed by atoms with Crippen LogP contribution in [0.5, 0.6) is 0 Å². The largest absolute Gasteiger partial charge is 0.479 e. The van der Waals surface area contributed by atoms with E-state index >= 15 is 0 Å². The predicted molar refractivity (Wildman–Crippen MR) is 72.1 cm³/mol. The predicted octanol–water partition coefficient (Wildman–Crippen LogP) is -0.132. The van der Waals surface area contributed by atoms with Gasteiger partial charge in [0.2, 0.25) is 5.91 Å². The van der Waals surface area contributed by atoms with E-state index < -0.39 is 18.1 Å². The Kier molecular flexibility index (Phi) is 4.70. The number of hydrogen-bond donors (Lipinski definition) is 2. The van der Waals surface area contributed by atoms with Gasteiger partial charge < -0.3 is 20.5 Å². The van der Waals surface area contributed by atoms with Gasteiger partial charge in [-0.05, 0) is 12.0 Å². The minimum atomic E-state index is -1.06. The standard InChI is InChI=1S/C14H18N2O4/c15-11(8-10-4-2-1-3-5-10)13(17)16-6-7-20-12(9-16)14(18)19/h1-5,11-12H,6-9,15H2,(H,18,19)/t11-,12?/m1/s1. The number of morpholine rings is 1. The van der Waals surface area contributed by atoms with Crippen molar-refractivity contribution in [1.82, 2.24) is 4.90 Å². The van der Waals surface area contributed by atoms with E-state index in [1.54, 1.807) is 0 Å². The number of hydrogen-bond acceptors (Lipinski definition) is 4. The van der Waals surface area contributed by atoms with E-state index in [1.807, 2.05) is 30.3 Å². The van der Waals surface area contributed by atoms with Gasteiger partial charge in [0.05, 0.1) is 19.2 Å². The van der Waals surface area contributed by atoms with E-state index in [4.69, 9.17) is 15.6 Å². The Morgan fingerprint density at radius 1 is 1.40 bits per heavy atom. The smallest absolute Gasteiger partial charge is 0.334 e. The van der Waals surface area contributed by atoms with Gasteiger partial charge in [-0.3, -0.25) is 4.79 Å². The summed E-state index contributed by atoms with van der Waals surface area (Å²) < 4.78 is 5.08. The maximum Gasteiger partial charge on any atom is 0.334 e. The molecule has 1 aliphatic heterocycles. The molecule has 0 spiro atoms. The van der Waals surface area contributed by atoms with Gasteiger partial charge in [0, 0.05) is 6.54 Å². The Morgan fingerprint density at radius 3 is 2.75 bits per heavy atom. The van der Waals surface area contributed by atoms with E-state index in [2.05, 4.69) is 0 Å². The van der Waals surface area contributed by atoms with Crippen molar-refractivity contribution in [2.45, 2.75) is 18.6 Å². The first-order valence-electron chi connectivity index (χ1n) is 6.50. The minimum absolute atomic E-state index is 0.0522. The van der Waals surface area contributed by atoms with Gasteiger partial charge in [-0.15, -0.1) is 0 Å². The van der Waals surface area contributed by atoms with Crippen molar-refractivity contribution < 1.29 is 19.4 Å². The quantitative estimate of drug-likeness (QED) is 0.800. The Hall–Kier alpha value is -1.92. The molecule has 108 valence electrons. The van der Waals surface area contributed by atoms with Gasteiger partial charge in [-0.2, -0.15) is 0 Å². The number of benzene rings is 1. The van der Waals surface area contributed by atoms with Crippen LogP contribution in [-0.4, -0.2) is 53.7 Å². The van der Waals surface area contributed by atoms with Crippen molar-refractivity contribution in [2.24, 2.45) is 5.73 Å². The van der Waals surface area contributed by atoms with Crippen molar-refractivity contribution in [3.05, 3.63) is 35.9 Å². The first-order chi connectivity index (χ1) is 9.58. The van der Waals surface area contributed by atoms with Crippen LogP contribution in [0.25, 0.3) is 0 Å². The lowest BCUT2D eigenvalue weighted by Gasteiger charge is -2.32. The molecule has 3 N–H and O–H groups in total. The summed E-state index contributed by atoms with van der Waals surface area (Å²) in [6.07, 6.45) is -0.522. The third-order valence-corrected chi connectivity index (χ3v) is 3.27. The van der Waals surface area contributed by atoms with Crippen LogP contribution < -0.4 is 5.73 Å². The number of carbonyl (C=O) groups is 2. The Labute approximate surface area is 117 Å². The number of carboxylic acids is 1. The van der Waals surface area contributed by atoms with Crippen LogP contribution in [0.3, 0.4) is 0 Å². The van der Waals surface area contributed by atoms with Crippen LogP contribution in [0.1, 0.15) is 5.56 Å². The minimum Gasteiger partial charge on any atom is -0.479 e. The highest BCUT2D eigenvalue weighted by Gasteiger charge is 2.31. The number of rotatable bonds is 4. The SMILES string of the molecule is N[C@H](Cc1ccccc1)C(=O)N1CCOC(C(=O)O)C1. The second-order valence-electron chi connectivity index (χ2n) is 4.78. The molecule has 0 aliphatic carbocycles. The lowest BCUT2D eigenvalue weighted by Crippen LogP contribution is -2.53. The van der Waals surface area contributed by atoms with Gasteiger partial charge in [-0.1, -0.05) is 30.3 Å². The van der Waals surface area contributed by atoms with Gasteiger partial charge in [-0.25, -0.2) is 4.79 Å². The molecule has 0 saturated carbocycles. The second kappa shape index (κ2) is 6.49. The van der Waals surface area contributed by atoms with E-state index in [9.17, 15) is 9.59 Å². The number of aliphatic carboxylic acids is 1. The average Bonchev–Trinajstić information content (AvgIpc) is 2.47. The monoisotopic (exact) mass is 278 g/mol. The molecule has 6 nitrogen and oxygen atoms in total. The highest BCUT2D eigenvalue weighted by Crippen LogP contribution is 2.09. The van der Waals surface area contributed by atoms with Gasteiger partial charge >= 0.3 is 5.97 Å². The molecule has 1 aliphatic rings. The Bertz CT molecular complexity index is 477. The third kappa shape index (κ3) is 3.55. The molecule has 1 fully saturated rings. The van der Waals surface area contributed by atoms with E-state index in [0.717, 1.165) is 5.56 Å². The van der Waals surface area contributed by atoms with E-state index in [0.29, 0.717) is 13.0 Å². The molecule has 2 atom stereocenters. The maximum atomic E-state index is 12.2. The van der Waals surface area contributed by atoms with Crippen molar-refractivity contribution in [1.29, 1.82) is 0 Å². The molecule has 0 radical (unpaired) electrons. The van der Waals surface area contributed by atoms with Crippen LogP contribution in [-0.2, 0) is 20.7 Å². The van der Waals surface area contributed by atoms with E-state index in [1.165, 1.54) is 4.90 Å². The van der Waals surface area contributed by atoms with Crippen molar-refractivity contribution in [3.8, 4) is 0 Å². The zero-order valence-electron chi connectivity index (χ0n) is 11.1. The van der Waals surface area contributed by atoms with Crippen molar-refractivity contribution in [3.63, 3.8) is 0 Å². The highest BCUT2D eigenvalue weighted by molar-refractivity contribution is 5.83. The van der Waals surface area contributed by atoms with Gasteiger partial charge in [0.1, 0.15) is 0 Å². The van der Waals surface area contributed by atoms with Crippen LogP contribution in [0.15, 0.2) is 30.3 Å². The van der Waals surface area contributed by atoms with Crippen LogP contribution in [0.2, 0.25) is 0 Å². The van der Waals surface area contributed by atoms with Gasteiger partial charge in [0.25, 0.3) is 0 Å². The molecule has 0 aromatic heterocycles. The summed E-state index contributed by atoms with van der Waals surface area (Å²) >= 11 is 0. The fraction of sp³-hybridized carbons (Fsp3) is 0.429. The molecule has 1 unspecified atom stereocenters. The van der Waals surface area contributed by atoms with Crippen LogP contribution >= 0.6 is 0 Å². The third-order valence-electron chi connectivity index (χ3n) is 3.27. The Morgan fingerprint density at radius 2 is 2.10 bits per heavy atom. The molecular weight excluding hydrogens is 260 g/mol. The number of ether oxygens (including phenoxy) is 1. The normalized spacial score (nSPS) is 20.4. The molecule has 20 heavy (non-hydrogen) atoms. The highest BCUT2D eigenvalue weighted by atomic mass is 16.5. The molecule has 1 saturated heterocycles. The topological polar surface area (TPSA) is 92.9 Å². The molecule has 0 bridgehead atoms. The molecule has 1 aromatic carbocycles. The van der Waals surface area contributed by atoms with Crippen LogP contribution in [0.4, 0.5) is 0 Å². The summed E-state index contributed by atoms with van der Waals surface area (Å²) in [6, 6.07) is 8.84. The number of amides is 1. The van der Waals surface area contributed by atoms with Crippen molar-refractivity contribution >= 4 is 11.9 Å². The summed E-state index contributed by atoms with van der Waals surface area (Å²) in [4.78, 5) is 24.6. The first-order valence-corrected chi connectivity index (χ1v) is 6.50. The number of nitrogens with zero attached hydrogens (tertiary/aromatic N) is 1. The number of nitrogens with two attached hydrogens (primary N) is 1. The summed E-state index contributed by atoms with van der Waals surface area (Å²) in [7, 11) is 0. The zero-order valence-corrected chi connectivity index (χ0v) is 11.1. The van der Waals surface area contributed by atoms with Gasteiger partial charge in [0.15, 0.2) is 6.10 Å². The maximum absolute atomic E-state index is 12.2. The average molecular weight is 278 g/mol. The molecule has 1 amide bonds. The number of carboxylic acid groups (broad SMARTS) is 1. The zero-order chi connectivity index (χ0) is 14.5. The lowest BCUT2D eigenvalue weighted by molar-refractivity contribution is -0.159. The second-order valence-corrected chi connectivity index (χ2v) is 4.78. The summed E-state index contributed by atoms with van der Waals surface area (Å²) in [5, 5.41) is 8.92. The van der Waals surface area contributed by atoms with Crippen molar-refractivity contribution in [2.75, 3.05) is 19.7 Å². The molecule has 2 rings (SSSR count).